The first-order chi connectivity index (χ1) is 19.5. The van der Waals surface area contributed by atoms with Crippen molar-refractivity contribution in [2.24, 2.45) is 0 Å². The van der Waals surface area contributed by atoms with Crippen molar-refractivity contribution in [2.75, 3.05) is 0 Å². The fourth-order valence-corrected chi connectivity index (χ4v) is 6.04. The Morgan fingerprint density at radius 3 is 1.62 bits per heavy atom. The van der Waals surface area contributed by atoms with E-state index in [0.29, 0.717) is 0 Å². The van der Waals surface area contributed by atoms with E-state index >= 15 is 0 Å². The molecule has 3 heteroatoms. The Morgan fingerprint density at radius 1 is 0.690 bits per heavy atom. The number of hydrogen-bond donors (Lipinski definition) is 0. The third-order valence-corrected chi connectivity index (χ3v) is 8.68. The van der Waals surface area contributed by atoms with Crippen molar-refractivity contribution in [3.8, 4) is 0 Å². The van der Waals surface area contributed by atoms with Crippen LogP contribution in [0, 0.1) is 19.9 Å². The molecule has 42 heavy (non-hydrogen) atoms. The first-order valence-electron chi connectivity index (χ1n) is 14.5. The van der Waals surface area contributed by atoms with Crippen LogP contribution in [-0.4, -0.2) is 3.21 Å². The van der Waals surface area contributed by atoms with Gasteiger partial charge in [0, 0.05) is 0 Å². The van der Waals surface area contributed by atoms with E-state index in [4.69, 9.17) is 0 Å². The van der Waals surface area contributed by atoms with Gasteiger partial charge in [0.2, 0.25) is 0 Å². The number of aryl methyl sites for hydroxylation is 2. The molecule has 0 atom stereocenters. The van der Waals surface area contributed by atoms with E-state index < -0.39 is 0 Å². The van der Waals surface area contributed by atoms with Crippen LogP contribution >= 0.6 is 0 Å². The molecular formula is C39H40Cl2Zr-2. The summed E-state index contributed by atoms with van der Waals surface area (Å²) in [5, 5.41) is 5.46. The third kappa shape index (κ3) is 9.81. The Balaban J connectivity index is 0.000000218. The summed E-state index contributed by atoms with van der Waals surface area (Å²) < 4.78 is 1.42. The summed E-state index contributed by atoms with van der Waals surface area (Å²) in [5.41, 5.74) is 8.52. The van der Waals surface area contributed by atoms with Crippen molar-refractivity contribution in [1.82, 2.24) is 0 Å². The van der Waals surface area contributed by atoms with Gasteiger partial charge < -0.3 is 24.8 Å². The molecule has 0 aliphatic heterocycles. The molecule has 0 saturated heterocycles. The summed E-state index contributed by atoms with van der Waals surface area (Å²) in [6.07, 6.45) is 11.7. The van der Waals surface area contributed by atoms with Gasteiger partial charge in [0.15, 0.2) is 0 Å². The summed E-state index contributed by atoms with van der Waals surface area (Å²) in [6, 6.07) is 36.7. The van der Waals surface area contributed by atoms with Gasteiger partial charge in [-0.1, -0.05) is 68.5 Å². The second-order valence-electron chi connectivity index (χ2n) is 10.6. The molecule has 0 bridgehead atoms. The minimum absolute atomic E-state index is 0. The van der Waals surface area contributed by atoms with E-state index in [0.717, 1.165) is 6.42 Å². The molecule has 6 rings (SSSR count). The van der Waals surface area contributed by atoms with Gasteiger partial charge in [-0.3, -0.25) is 6.08 Å². The summed E-state index contributed by atoms with van der Waals surface area (Å²) in [4.78, 5) is 0. The molecule has 0 amide bonds. The van der Waals surface area contributed by atoms with E-state index in [9.17, 15) is 0 Å². The van der Waals surface area contributed by atoms with E-state index in [2.05, 4.69) is 143 Å². The van der Waals surface area contributed by atoms with E-state index in [1.807, 2.05) is 0 Å². The van der Waals surface area contributed by atoms with Gasteiger partial charge >= 0.3 is 99.2 Å². The van der Waals surface area contributed by atoms with E-state index in [1.54, 1.807) is 11.1 Å². The van der Waals surface area contributed by atoms with Crippen LogP contribution in [0.1, 0.15) is 68.2 Å². The maximum absolute atomic E-state index is 3.29. The maximum atomic E-state index is 3.29. The third-order valence-electron chi connectivity index (χ3n) is 7.26. The fraction of sp³-hybridized carbons (Fsp3) is 0.231. The van der Waals surface area contributed by atoms with Crippen LogP contribution in [0.3, 0.4) is 0 Å². The SMILES string of the molecule is CCCC1=C(CCC)C[C-]=C1.Cc1ccc2c(c1)[cH-]c1cc(C)ccc12.[Cl-].[Cl-].[Zr+2]=[C](c1ccccc1)c1ccccc1. The second kappa shape index (κ2) is 18.3. The van der Waals surface area contributed by atoms with Gasteiger partial charge in [-0.2, -0.15) is 11.1 Å². The Morgan fingerprint density at radius 2 is 1.17 bits per heavy atom. The zero-order valence-corrected chi connectivity index (χ0v) is 29.2. The van der Waals surface area contributed by atoms with Gasteiger partial charge in [0.25, 0.3) is 0 Å². The molecule has 0 saturated carbocycles. The van der Waals surface area contributed by atoms with Gasteiger partial charge in [-0.05, 0) is 20.3 Å². The standard InChI is InChI=1S/C15H13.C13H10.C11H17.2ClH.Zr/c1-10-3-5-14-12(7-10)9-13-8-11(2)4-6-15(13)14;1-3-7-12(8-4-1)11-13-9-5-2-6-10-13;1-3-6-10-8-5-9-11(10)7-4-2;;;/h3-9H,1-2H3;1-10H;8H,3-4,6-7,9H2,1-2H3;2*1H;/q-1;;-1;;;+2/p-2. The van der Waals surface area contributed by atoms with Crippen molar-refractivity contribution in [3.63, 3.8) is 0 Å². The summed E-state index contributed by atoms with van der Waals surface area (Å²) >= 11 is 1.46. The molecule has 5 aromatic rings. The first-order valence-corrected chi connectivity index (χ1v) is 15.8. The molecule has 0 spiro atoms. The average molecular weight is 671 g/mol. The first kappa shape index (κ1) is 35.8. The average Bonchev–Trinajstić information content (AvgIpc) is 3.57. The summed E-state index contributed by atoms with van der Waals surface area (Å²) in [6.45, 7) is 8.77. The number of hydrogen-bond acceptors (Lipinski definition) is 0. The monoisotopic (exact) mass is 668 g/mol. The van der Waals surface area contributed by atoms with Gasteiger partial charge in [0.1, 0.15) is 0 Å². The molecule has 0 heterocycles. The molecular weight excluding hydrogens is 631 g/mol. The van der Waals surface area contributed by atoms with Crippen LogP contribution < -0.4 is 24.8 Å². The molecule has 1 aliphatic rings. The van der Waals surface area contributed by atoms with Crippen LogP contribution in [0.5, 0.6) is 0 Å². The zero-order chi connectivity index (χ0) is 28.3. The topological polar surface area (TPSA) is 0 Å². The molecule has 5 aromatic carbocycles. The van der Waals surface area contributed by atoms with Crippen LogP contribution in [0.2, 0.25) is 0 Å². The molecule has 0 radical (unpaired) electrons. The van der Waals surface area contributed by atoms with Crippen LogP contribution in [0.25, 0.3) is 21.5 Å². The number of halogens is 2. The Hall–Kier alpha value is -2.44. The normalized spacial score (nSPS) is 11.7. The molecule has 216 valence electrons. The summed E-state index contributed by atoms with van der Waals surface area (Å²) in [5.74, 6) is 0. The quantitative estimate of drug-likeness (QED) is 0.228. The van der Waals surface area contributed by atoms with Crippen molar-refractivity contribution in [2.45, 2.75) is 59.8 Å². The summed E-state index contributed by atoms with van der Waals surface area (Å²) in [7, 11) is 0. The van der Waals surface area contributed by atoms with Crippen LogP contribution in [-0.2, 0) is 24.2 Å². The molecule has 0 fully saturated rings. The number of allylic oxidation sites excluding steroid dienone is 4. The number of rotatable bonds is 6. The predicted molar refractivity (Wildman–Crippen MR) is 172 cm³/mol. The second-order valence-corrected chi connectivity index (χ2v) is 11.8. The Kier molecular flexibility index (Phi) is 15.6. The minimum atomic E-state index is 0. The zero-order valence-electron chi connectivity index (χ0n) is 25.2. The van der Waals surface area contributed by atoms with Crippen molar-refractivity contribution >= 4 is 24.8 Å². The van der Waals surface area contributed by atoms with Gasteiger partial charge in [-0.25, -0.2) is 6.08 Å². The number of fused-ring (bicyclic) bond motifs is 3. The molecule has 0 aromatic heterocycles. The van der Waals surface area contributed by atoms with Crippen molar-refractivity contribution in [1.29, 1.82) is 0 Å². The Labute approximate surface area is 280 Å². The predicted octanol–water partition coefficient (Wildman–Crippen LogP) is 4.79. The fourth-order valence-electron chi connectivity index (χ4n) is 5.22. The molecule has 1 aliphatic carbocycles. The number of benzene rings is 4. The van der Waals surface area contributed by atoms with Crippen LogP contribution in [0.15, 0.2) is 120 Å². The molecule has 0 nitrogen and oxygen atoms in total. The van der Waals surface area contributed by atoms with Crippen molar-refractivity contribution < 1.29 is 49.0 Å². The van der Waals surface area contributed by atoms with E-state index in [-0.39, 0.29) is 24.8 Å². The van der Waals surface area contributed by atoms with Gasteiger partial charge in [-0.15, -0.1) is 46.2 Å². The van der Waals surface area contributed by atoms with Crippen LogP contribution in [0.4, 0.5) is 0 Å². The van der Waals surface area contributed by atoms with Crippen molar-refractivity contribution in [3.05, 3.63) is 149 Å². The molecule has 0 N–H and O–H groups in total. The van der Waals surface area contributed by atoms with Gasteiger partial charge in [0.05, 0.1) is 0 Å². The Bertz CT molecular complexity index is 1510. The van der Waals surface area contributed by atoms with E-state index in [1.165, 1.54) is 96.9 Å². The molecule has 0 unspecified atom stereocenters.